The van der Waals surface area contributed by atoms with Crippen molar-refractivity contribution in [1.29, 1.82) is 0 Å². The summed E-state index contributed by atoms with van der Waals surface area (Å²) in [7, 11) is 0. The number of rotatable bonds is 7. The van der Waals surface area contributed by atoms with Crippen molar-refractivity contribution >= 4 is 17.8 Å². The Morgan fingerprint density at radius 3 is 2.22 bits per heavy atom. The monoisotopic (exact) mass is 520 g/mol. The predicted molar refractivity (Wildman–Crippen MR) is 119 cm³/mol. The van der Waals surface area contributed by atoms with Crippen molar-refractivity contribution in [1.82, 2.24) is 0 Å². The number of carbonyl (C=O) groups excluding carboxylic acids is 2. The second-order valence-corrected chi connectivity index (χ2v) is 7.64. The third-order valence-corrected chi connectivity index (χ3v) is 5.27. The van der Waals surface area contributed by atoms with Crippen molar-refractivity contribution in [2.24, 2.45) is 0 Å². The molecule has 37 heavy (non-hydrogen) atoms. The first-order valence-electron chi connectivity index (χ1n) is 10.8. The van der Waals surface area contributed by atoms with Gasteiger partial charge in [-0.15, -0.1) is 0 Å². The number of hydrogen-bond acceptors (Lipinski definition) is 6. The van der Waals surface area contributed by atoms with Crippen molar-refractivity contribution in [2.75, 3.05) is 13.2 Å². The van der Waals surface area contributed by atoms with E-state index in [1.165, 1.54) is 25.1 Å². The van der Waals surface area contributed by atoms with Crippen LogP contribution in [0.3, 0.4) is 0 Å². The Labute approximate surface area is 206 Å². The van der Waals surface area contributed by atoms with Crippen LogP contribution in [0.25, 0.3) is 6.08 Å². The SMILES string of the molecule is CCOc1ccccc1/C=C1\Oc2c(ccc(OC(=O)COc3c(F)c(F)c(F)c(F)c3F)c2C)C1=O. The summed E-state index contributed by atoms with van der Waals surface area (Å²) in [6.45, 7) is 2.55. The van der Waals surface area contributed by atoms with E-state index in [-0.39, 0.29) is 28.4 Å². The van der Waals surface area contributed by atoms with Crippen molar-refractivity contribution in [3.05, 3.63) is 87.9 Å². The lowest BCUT2D eigenvalue weighted by atomic mass is 10.1. The maximum absolute atomic E-state index is 13.7. The van der Waals surface area contributed by atoms with E-state index in [2.05, 4.69) is 4.74 Å². The van der Waals surface area contributed by atoms with Crippen molar-refractivity contribution in [2.45, 2.75) is 13.8 Å². The molecule has 6 nitrogen and oxygen atoms in total. The molecular formula is C26H17F5O6. The Kier molecular flexibility index (Phi) is 7.14. The molecule has 0 saturated carbocycles. The average Bonchev–Trinajstić information content (AvgIpc) is 3.20. The van der Waals surface area contributed by atoms with Crippen LogP contribution in [0.1, 0.15) is 28.4 Å². The molecule has 1 heterocycles. The third-order valence-electron chi connectivity index (χ3n) is 5.27. The number of fused-ring (bicyclic) bond motifs is 1. The predicted octanol–water partition coefficient (Wildman–Crippen LogP) is 5.69. The topological polar surface area (TPSA) is 71.1 Å². The van der Waals surface area contributed by atoms with Gasteiger partial charge in [0.25, 0.3) is 0 Å². The van der Waals surface area contributed by atoms with Crippen LogP contribution in [0.2, 0.25) is 0 Å². The molecule has 3 aromatic carbocycles. The number of ketones is 1. The Hall–Kier alpha value is -4.41. The maximum Gasteiger partial charge on any atom is 0.349 e. The standard InChI is InChI=1S/C26H17F5O6/c1-3-34-16-7-5-4-6-13(16)10-17-24(33)14-8-9-15(12(2)25(14)37-17)36-18(32)11-35-26-22(30)20(28)19(27)21(29)23(26)31/h4-10H,3,11H2,1-2H3/b17-10-. The van der Waals surface area contributed by atoms with E-state index in [9.17, 15) is 31.5 Å². The fourth-order valence-electron chi connectivity index (χ4n) is 3.50. The highest BCUT2D eigenvalue weighted by Gasteiger charge is 2.31. The summed E-state index contributed by atoms with van der Waals surface area (Å²) < 4.78 is 88.1. The van der Waals surface area contributed by atoms with E-state index in [4.69, 9.17) is 14.2 Å². The summed E-state index contributed by atoms with van der Waals surface area (Å²) in [5.41, 5.74) is 1.06. The highest BCUT2D eigenvalue weighted by atomic mass is 19.2. The van der Waals surface area contributed by atoms with E-state index >= 15 is 0 Å². The zero-order chi connectivity index (χ0) is 26.9. The second-order valence-electron chi connectivity index (χ2n) is 7.64. The van der Waals surface area contributed by atoms with Crippen molar-refractivity contribution in [3.8, 4) is 23.0 Å². The first-order valence-corrected chi connectivity index (χ1v) is 10.8. The number of ether oxygens (including phenoxy) is 4. The van der Waals surface area contributed by atoms with E-state index in [0.717, 1.165) is 0 Å². The van der Waals surface area contributed by atoms with Gasteiger partial charge in [0.05, 0.1) is 12.2 Å². The van der Waals surface area contributed by atoms with E-state index in [0.29, 0.717) is 17.9 Å². The van der Waals surface area contributed by atoms with Crippen LogP contribution in [0, 0.1) is 36.0 Å². The first-order chi connectivity index (χ1) is 17.6. The molecule has 0 bridgehead atoms. The number of allylic oxidation sites excluding steroid dienone is 1. The van der Waals surface area contributed by atoms with Crippen LogP contribution in [0.5, 0.6) is 23.0 Å². The normalized spacial score (nSPS) is 13.4. The van der Waals surface area contributed by atoms with E-state index < -0.39 is 53.2 Å². The minimum atomic E-state index is -2.36. The number of carbonyl (C=O) groups is 2. The summed E-state index contributed by atoms with van der Waals surface area (Å²) in [6.07, 6.45) is 1.51. The van der Waals surface area contributed by atoms with Crippen LogP contribution >= 0.6 is 0 Å². The molecule has 0 atom stereocenters. The molecule has 0 fully saturated rings. The first kappa shape index (κ1) is 25.7. The largest absolute Gasteiger partial charge is 0.493 e. The van der Waals surface area contributed by atoms with E-state index in [1.807, 2.05) is 6.92 Å². The van der Waals surface area contributed by atoms with Gasteiger partial charge < -0.3 is 18.9 Å². The average molecular weight is 520 g/mol. The van der Waals surface area contributed by atoms with Crippen LogP contribution in [-0.4, -0.2) is 25.0 Å². The highest BCUT2D eigenvalue weighted by molar-refractivity contribution is 6.15. The molecular weight excluding hydrogens is 503 g/mol. The fourth-order valence-corrected chi connectivity index (χ4v) is 3.50. The molecule has 3 aromatic rings. The van der Waals surface area contributed by atoms with Gasteiger partial charge in [0.15, 0.2) is 18.1 Å². The molecule has 0 radical (unpaired) electrons. The smallest absolute Gasteiger partial charge is 0.349 e. The molecule has 0 aliphatic carbocycles. The minimum absolute atomic E-state index is 0.00313. The van der Waals surface area contributed by atoms with Gasteiger partial charge in [-0.1, -0.05) is 18.2 Å². The van der Waals surface area contributed by atoms with Gasteiger partial charge in [-0.3, -0.25) is 4.79 Å². The Bertz CT molecular complexity index is 1420. The highest BCUT2D eigenvalue weighted by Crippen LogP contribution is 2.40. The van der Waals surface area contributed by atoms with Gasteiger partial charge in [0.2, 0.25) is 34.9 Å². The zero-order valence-electron chi connectivity index (χ0n) is 19.3. The molecule has 4 rings (SSSR count). The number of esters is 1. The fraction of sp³-hybridized carbons (Fsp3) is 0.154. The molecule has 11 heteroatoms. The van der Waals surface area contributed by atoms with Crippen LogP contribution in [-0.2, 0) is 4.79 Å². The van der Waals surface area contributed by atoms with Crippen LogP contribution in [0.4, 0.5) is 22.0 Å². The van der Waals surface area contributed by atoms with Crippen molar-refractivity contribution < 1.29 is 50.5 Å². The quantitative estimate of drug-likeness (QED) is 0.0996. The third kappa shape index (κ3) is 4.84. The number of benzene rings is 3. The number of halogens is 5. The van der Waals surface area contributed by atoms with Gasteiger partial charge in [0.1, 0.15) is 17.2 Å². The van der Waals surface area contributed by atoms with Crippen LogP contribution < -0.4 is 18.9 Å². The lowest BCUT2D eigenvalue weighted by molar-refractivity contribution is -0.136. The lowest BCUT2D eigenvalue weighted by Crippen LogP contribution is -2.20. The van der Waals surface area contributed by atoms with Gasteiger partial charge in [-0.2, -0.15) is 8.78 Å². The van der Waals surface area contributed by atoms with Gasteiger partial charge in [-0.05, 0) is 38.1 Å². The summed E-state index contributed by atoms with van der Waals surface area (Å²) in [5.74, 6) is -13.9. The van der Waals surface area contributed by atoms with Gasteiger partial charge in [0, 0.05) is 11.1 Å². The van der Waals surface area contributed by atoms with E-state index in [1.54, 1.807) is 24.3 Å². The lowest BCUT2D eigenvalue weighted by Gasteiger charge is -2.12. The molecule has 0 N–H and O–H groups in total. The maximum atomic E-state index is 13.7. The number of hydrogen-bond donors (Lipinski definition) is 0. The number of Topliss-reactive ketones (excluding diaryl/α,β-unsaturated/α-hetero) is 1. The molecule has 1 aliphatic rings. The molecule has 192 valence electrons. The Morgan fingerprint density at radius 1 is 0.892 bits per heavy atom. The molecule has 1 aliphatic heterocycles. The molecule has 0 unspecified atom stereocenters. The minimum Gasteiger partial charge on any atom is -0.493 e. The molecule has 0 saturated heterocycles. The molecule has 0 amide bonds. The summed E-state index contributed by atoms with van der Waals surface area (Å²) in [4.78, 5) is 25.0. The number of para-hydroxylation sites is 1. The van der Waals surface area contributed by atoms with Gasteiger partial charge in [-0.25, -0.2) is 18.0 Å². The summed E-state index contributed by atoms with van der Waals surface area (Å²) in [5, 5.41) is 0. The van der Waals surface area contributed by atoms with Crippen molar-refractivity contribution in [3.63, 3.8) is 0 Å². The van der Waals surface area contributed by atoms with Crippen LogP contribution in [0.15, 0.2) is 42.2 Å². The zero-order valence-corrected chi connectivity index (χ0v) is 19.3. The second kappa shape index (κ2) is 10.3. The van der Waals surface area contributed by atoms with Gasteiger partial charge >= 0.3 is 5.97 Å². The summed E-state index contributed by atoms with van der Waals surface area (Å²) in [6, 6.07) is 9.66. The Morgan fingerprint density at radius 2 is 1.54 bits per heavy atom. The molecule has 0 spiro atoms. The Balaban J connectivity index is 1.51. The summed E-state index contributed by atoms with van der Waals surface area (Å²) >= 11 is 0. The molecule has 0 aromatic heterocycles.